The van der Waals surface area contributed by atoms with Crippen molar-refractivity contribution in [1.29, 1.82) is 0 Å². The average molecular weight is 281 g/mol. The minimum atomic E-state index is 0.336. The molecule has 110 valence electrons. The molecule has 0 saturated heterocycles. The summed E-state index contributed by atoms with van der Waals surface area (Å²) in [7, 11) is 0. The van der Waals surface area contributed by atoms with E-state index in [1.165, 1.54) is 16.7 Å². The maximum Gasteiger partial charge on any atom is 0.126 e. The van der Waals surface area contributed by atoms with E-state index in [0.29, 0.717) is 12.1 Å². The van der Waals surface area contributed by atoms with Crippen molar-refractivity contribution in [3.8, 4) is 5.75 Å². The lowest BCUT2D eigenvalue weighted by molar-refractivity contribution is 0.312. The van der Waals surface area contributed by atoms with E-state index < -0.39 is 0 Å². The van der Waals surface area contributed by atoms with Crippen molar-refractivity contribution in [2.75, 3.05) is 6.61 Å². The number of aryl methyl sites for hydroxylation is 1. The summed E-state index contributed by atoms with van der Waals surface area (Å²) in [5.74, 6) is 1.08. The van der Waals surface area contributed by atoms with Gasteiger partial charge in [0.05, 0.1) is 6.61 Å². The zero-order chi connectivity index (χ0) is 14.7. The van der Waals surface area contributed by atoms with Gasteiger partial charge in [-0.05, 0) is 37.8 Å². The Bertz CT molecular complexity index is 594. The van der Waals surface area contributed by atoms with Crippen molar-refractivity contribution in [2.24, 2.45) is 0 Å². The molecule has 2 aromatic rings. The van der Waals surface area contributed by atoms with Crippen LogP contribution >= 0.6 is 0 Å². The van der Waals surface area contributed by atoms with Crippen LogP contribution in [0.3, 0.4) is 0 Å². The van der Waals surface area contributed by atoms with Crippen molar-refractivity contribution < 1.29 is 4.74 Å². The average Bonchev–Trinajstić information content (AvgIpc) is 2.72. The lowest BCUT2D eigenvalue weighted by Crippen LogP contribution is -2.24. The van der Waals surface area contributed by atoms with E-state index in [1.54, 1.807) is 0 Å². The molecule has 1 heterocycles. The van der Waals surface area contributed by atoms with Crippen molar-refractivity contribution in [1.82, 2.24) is 5.32 Å². The Balaban J connectivity index is 1.84. The number of benzene rings is 2. The van der Waals surface area contributed by atoms with Gasteiger partial charge in [-0.2, -0.15) is 0 Å². The molecule has 2 heteroatoms. The SMILES string of the molecule is Cc1cccc2c1OCCCC2NC(C)c1ccccc1. The highest BCUT2D eigenvalue weighted by molar-refractivity contribution is 5.43. The number of hydrogen-bond donors (Lipinski definition) is 1. The van der Waals surface area contributed by atoms with Gasteiger partial charge in [0.25, 0.3) is 0 Å². The largest absolute Gasteiger partial charge is 0.493 e. The van der Waals surface area contributed by atoms with Crippen LogP contribution < -0.4 is 10.1 Å². The Hall–Kier alpha value is -1.80. The Morgan fingerprint density at radius 3 is 2.71 bits per heavy atom. The van der Waals surface area contributed by atoms with Gasteiger partial charge >= 0.3 is 0 Å². The Kier molecular flexibility index (Phi) is 4.26. The van der Waals surface area contributed by atoms with E-state index in [4.69, 9.17) is 4.74 Å². The molecule has 0 aliphatic carbocycles. The maximum absolute atomic E-state index is 5.96. The van der Waals surface area contributed by atoms with Crippen molar-refractivity contribution >= 4 is 0 Å². The van der Waals surface area contributed by atoms with Gasteiger partial charge < -0.3 is 10.1 Å². The highest BCUT2D eigenvalue weighted by Crippen LogP contribution is 2.35. The fourth-order valence-corrected chi connectivity index (χ4v) is 3.08. The van der Waals surface area contributed by atoms with Gasteiger partial charge in [-0.3, -0.25) is 0 Å². The van der Waals surface area contributed by atoms with E-state index in [9.17, 15) is 0 Å². The van der Waals surface area contributed by atoms with Gasteiger partial charge in [0.15, 0.2) is 0 Å². The first-order chi connectivity index (χ1) is 10.3. The van der Waals surface area contributed by atoms with Crippen molar-refractivity contribution in [3.63, 3.8) is 0 Å². The van der Waals surface area contributed by atoms with Gasteiger partial charge in [-0.15, -0.1) is 0 Å². The van der Waals surface area contributed by atoms with Crippen molar-refractivity contribution in [2.45, 2.75) is 38.8 Å². The highest BCUT2D eigenvalue weighted by Gasteiger charge is 2.22. The summed E-state index contributed by atoms with van der Waals surface area (Å²) in [6, 6.07) is 17.8. The first kappa shape index (κ1) is 14.2. The second-order valence-corrected chi connectivity index (χ2v) is 5.84. The highest BCUT2D eigenvalue weighted by atomic mass is 16.5. The minimum absolute atomic E-state index is 0.336. The van der Waals surface area contributed by atoms with Crippen LogP contribution in [0.5, 0.6) is 5.75 Å². The normalized spacial score (nSPS) is 19.2. The number of fused-ring (bicyclic) bond motifs is 1. The van der Waals surface area contributed by atoms with Crippen molar-refractivity contribution in [3.05, 3.63) is 65.2 Å². The molecule has 21 heavy (non-hydrogen) atoms. The van der Waals surface area contributed by atoms with Gasteiger partial charge in [0.1, 0.15) is 5.75 Å². The lowest BCUT2D eigenvalue weighted by Gasteiger charge is -2.24. The number of rotatable bonds is 3. The molecular formula is C19H23NO. The standard InChI is InChI=1S/C19H23NO/c1-14-8-6-11-17-18(12-7-13-21-19(14)17)20-15(2)16-9-4-3-5-10-16/h3-6,8-11,15,18,20H,7,12-13H2,1-2H3. The molecule has 2 aromatic carbocycles. The molecule has 0 fully saturated rings. The van der Waals surface area contributed by atoms with E-state index in [-0.39, 0.29) is 0 Å². The van der Waals surface area contributed by atoms with Gasteiger partial charge in [-0.1, -0.05) is 48.5 Å². The van der Waals surface area contributed by atoms with Crippen LogP contribution in [0.15, 0.2) is 48.5 Å². The fraction of sp³-hybridized carbons (Fsp3) is 0.368. The van der Waals surface area contributed by atoms with E-state index in [1.807, 2.05) is 0 Å². The molecule has 2 nitrogen and oxygen atoms in total. The molecule has 2 atom stereocenters. The second-order valence-electron chi connectivity index (χ2n) is 5.84. The summed E-state index contributed by atoms with van der Waals surface area (Å²) >= 11 is 0. The van der Waals surface area contributed by atoms with Crippen LogP contribution in [0.25, 0.3) is 0 Å². The summed E-state index contributed by atoms with van der Waals surface area (Å²) in [6.07, 6.45) is 2.21. The predicted molar refractivity (Wildman–Crippen MR) is 86.6 cm³/mol. The zero-order valence-corrected chi connectivity index (χ0v) is 12.8. The number of ether oxygens (including phenoxy) is 1. The molecule has 3 rings (SSSR count). The summed E-state index contributed by atoms with van der Waals surface area (Å²) in [5.41, 5.74) is 3.86. The Labute approximate surface area is 127 Å². The molecule has 1 aliphatic rings. The monoisotopic (exact) mass is 281 g/mol. The van der Waals surface area contributed by atoms with Crippen LogP contribution in [0.1, 0.15) is 48.5 Å². The van der Waals surface area contributed by atoms with E-state index in [0.717, 1.165) is 25.2 Å². The fourth-order valence-electron chi connectivity index (χ4n) is 3.08. The predicted octanol–water partition coefficient (Wildman–Crippen LogP) is 4.56. The first-order valence-corrected chi connectivity index (χ1v) is 7.79. The summed E-state index contributed by atoms with van der Waals surface area (Å²) in [5, 5.41) is 3.78. The van der Waals surface area contributed by atoms with Gasteiger partial charge in [0.2, 0.25) is 0 Å². The lowest BCUT2D eigenvalue weighted by atomic mass is 9.98. The molecule has 1 aliphatic heterocycles. The molecule has 2 unspecified atom stereocenters. The van der Waals surface area contributed by atoms with Gasteiger partial charge in [-0.25, -0.2) is 0 Å². The number of hydrogen-bond acceptors (Lipinski definition) is 2. The molecule has 0 amide bonds. The molecule has 0 bridgehead atoms. The van der Waals surface area contributed by atoms with E-state index >= 15 is 0 Å². The topological polar surface area (TPSA) is 21.3 Å². The zero-order valence-electron chi connectivity index (χ0n) is 12.8. The van der Waals surface area contributed by atoms with Crippen LogP contribution in [0.2, 0.25) is 0 Å². The Morgan fingerprint density at radius 2 is 1.90 bits per heavy atom. The molecule has 1 N–H and O–H groups in total. The van der Waals surface area contributed by atoms with Crippen LogP contribution in [-0.4, -0.2) is 6.61 Å². The van der Waals surface area contributed by atoms with Crippen LogP contribution in [0.4, 0.5) is 0 Å². The molecule has 0 radical (unpaired) electrons. The third kappa shape index (κ3) is 3.11. The molecular weight excluding hydrogens is 258 g/mol. The molecule has 0 saturated carbocycles. The molecule has 0 aromatic heterocycles. The summed E-state index contributed by atoms with van der Waals surface area (Å²) < 4.78 is 5.96. The van der Waals surface area contributed by atoms with E-state index in [2.05, 4.69) is 67.7 Å². The van der Waals surface area contributed by atoms with Crippen LogP contribution in [-0.2, 0) is 0 Å². The quantitative estimate of drug-likeness (QED) is 0.890. The first-order valence-electron chi connectivity index (χ1n) is 7.79. The number of nitrogens with one attached hydrogen (secondary N) is 1. The Morgan fingerprint density at radius 1 is 1.10 bits per heavy atom. The second kappa shape index (κ2) is 6.31. The maximum atomic E-state index is 5.96. The third-order valence-electron chi connectivity index (χ3n) is 4.25. The summed E-state index contributed by atoms with van der Waals surface area (Å²) in [4.78, 5) is 0. The summed E-state index contributed by atoms with van der Waals surface area (Å²) in [6.45, 7) is 5.17. The number of para-hydroxylation sites is 1. The smallest absolute Gasteiger partial charge is 0.126 e. The molecule has 0 spiro atoms. The van der Waals surface area contributed by atoms with Gasteiger partial charge in [0, 0.05) is 17.6 Å². The third-order valence-corrected chi connectivity index (χ3v) is 4.25. The minimum Gasteiger partial charge on any atom is -0.493 e. The van der Waals surface area contributed by atoms with Crippen LogP contribution in [0, 0.1) is 6.92 Å².